The van der Waals surface area contributed by atoms with Crippen LogP contribution in [0.3, 0.4) is 0 Å². The third-order valence-corrected chi connectivity index (χ3v) is 5.08. The number of methoxy groups -OCH3 is 1. The maximum Gasteiger partial charge on any atom is 0.407 e. The largest absolute Gasteiger partial charge is 0.468 e. The van der Waals surface area contributed by atoms with Gasteiger partial charge in [0.25, 0.3) is 0 Å². The number of esters is 1. The van der Waals surface area contributed by atoms with Crippen LogP contribution in [-0.4, -0.2) is 78.2 Å². The number of amides is 3. The topological polar surface area (TPSA) is 126 Å². The van der Waals surface area contributed by atoms with E-state index < -0.39 is 52.5 Å². The molecular weight excluding hydrogens is 428 g/mol. The summed E-state index contributed by atoms with van der Waals surface area (Å²) in [5, 5.41) is 8.42. The number of nitrogens with one attached hydrogen (secondary N) is 3. The lowest BCUT2D eigenvalue weighted by Gasteiger charge is -2.37. The molecule has 0 radical (unpaired) electrons. The molecule has 1 aliphatic rings. The van der Waals surface area contributed by atoms with Gasteiger partial charge in [0.15, 0.2) is 0 Å². The van der Waals surface area contributed by atoms with E-state index in [2.05, 4.69) is 22.5 Å². The summed E-state index contributed by atoms with van der Waals surface area (Å²) in [6, 6.07) is -0.828. The minimum atomic E-state index is -1.39. The normalized spacial score (nSPS) is 23.4. The molecule has 0 aromatic carbocycles. The van der Waals surface area contributed by atoms with Crippen LogP contribution in [-0.2, 0) is 23.9 Å². The molecule has 0 aromatic heterocycles. The Balaban J connectivity index is 3.29. The average Bonchev–Trinajstić information content (AvgIpc) is 2.92. The van der Waals surface area contributed by atoms with Crippen LogP contribution >= 0.6 is 0 Å². The van der Waals surface area contributed by atoms with E-state index in [0.717, 1.165) is 0 Å². The van der Waals surface area contributed by atoms with Crippen molar-refractivity contribution in [1.82, 2.24) is 20.9 Å². The van der Waals surface area contributed by atoms with E-state index in [1.54, 1.807) is 31.7 Å². The number of carbonyl (C=O) groups is 4. The van der Waals surface area contributed by atoms with Crippen molar-refractivity contribution in [3.8, 4) is 0 Å². The Morgan fingerprint density at radius 1 is 1.15 bits per heavy atom. The van der Waals surface area contributed by atoms with Crippen LogP contribution in [0.4, 0.5) is 4.79 Å². The highest BCUT2D eigenvalue weighted by Gasteiger charge is 2.59. The number of hydrogen-bond acceptors (Lipinski definition) is 7. The fraction of sp³-hybridized carbons (Fsp3) is 0.739. The zero-order valence-electron chi connectivity index (χ0n) is 21.2. The van der Waals surface area contributed by atoms with Crippen molar-refractivity contribution in [2.24, 2.45) is 5.92 Å². The fourth-order valence-corrected chi connectivity index (χ4v) is 4.03. The Morgan fingerprint density at radius 2 is 1.76 bits per heavy atom. The molecule has 33 heavy (non-hydrogen) atoms. The van der Waals surface area contributed by atoms with Gasteiger partial charge in [-0.25, -0.2) is 4.79 Å². The number of hydrogen-bond donors (Lipinski definition) is 3. The molecule has 0 saturated carbocycles. The summed E-state index contributed by atoms with van der Waals surface area (Å²) < 4.78 is 10.3. The third-order valence-electron chi connectivity index (χ3n) is 5.08. The second kappa shape index (κ2) is 11.0. The minimum Gasteiger partial charge on any atom is -0.468 e. The molecule has 1 saturated heterocycles. The molecule has 0 unspecified atom stereocenters. The first-order chi connectivity index (χ1) is 15.1. The van der Waals surface area contributed by atoms with Gasteiger partial charge in [-0.15, -0.1) is 6.58 Å². The molecule has 3 atom stereocenters. The summed E-state index contributed by atoms with van der Waals surface area (Å²) in [7, 11) is 1.28. The summed E-state index contributed by atoms with van der Waals surface area (Å²) >= 11 is 0. The van der Waals surface area contributed by atoms with Gasteiger partial charge in [-0.2, -0.15) is 0 Å². The van der Waals surface area contributed by atoms with Crippen molar-refractivity contribution in [2.75, 3.05) is 26.7 Å². The van der Waals surface area contributed by atoms with Gasteiger partial charge in [0.05, 0.1) is 7.11 Å². The summed E-state index contributed by atoms with van der Waals surface area (Å²) in [5.74, 6) is -1.95. The van der Waals surface area contributed by atoms with E-state index in [4.69, 9.17) is 9.47 Å². The van der Waals surface area contributed by atoms with Crippen LogP contribution in [0.2, 0.25) is 0 Å². The molecule has 1 fully saturated rings. The average molecular weight is 469 g/mol. The fourth-order valence-electron chi connectivity index (χ4n) is 4.03. The molecule has 0 aliphatic carbocycles. The summed E-state index contributed by atoms with van der Waals surface area (Å²) in [6.45, 7) is 16.4. The highest BCUT2D eigenvalue weighted by molar-refractivity contribution is 5.94. The second-order valence-corrected chi connectivity index (χ2v) is 10.4. The van der Waals surface area contributed by atoms with E-state index in [-0.39, 0.29) is 26.1 Å². The maximum atomic E-state index is 13.5. The van der Waals surface area contributed by atoms with Crippen molar-refractivity contribution in [1.29, 1.82) is 0 Å². The monoisotopic (exact) mass is 468 g/mol. The van der Waals surface area contributed by atoms with Gasteiger partial charge in [-0.05, 0) is 48.0 Å². The smallest absolute Gasteiger partial charge is 0.407 e. The Labute approximate surface area is 196 Å². The van der Waals surface area contributed by atoms with Crippen molar-refractivity contribution in [3.05, 3.63) is 12.7 Å². The Bertz CT molecular complexity index is 755. The van der Waals surface area contributed by atoms with E-state index in [1.807, 2.05) is 20.8 Å². The maximum absolute atomic E-state index is 13.5. The number of likely N-dealkylation sites (tertiary alicyclic amines) is 1. The summed E-state index contributed by atoms with van der Waals surface area (Å²) in [5.41, 5.74) is -2.60. The number of rotatable bonds is 8. The van der Waals surface area contributed by atoms with Crippen LogP contribution in [0.5, 0.6) is 0 Å². The van der Waals surface area contributed by atoms with E-state index >= 15 is 0 Å². The Hall–Kier alpha value is -2.62. The lowest BCUT2D eigenvalue weighted by molar-refractivity contribution is -0.147. The first kappa shape index (κ1) is 28.4. The lowest BCUT2D eigenvalue weighted by Crippen LogP contribution is -2.66. The van der Waals surface area contributed by atoms with Crippen LogP contribution < -0.4 is 16.0 Å². The Morgan fingerprint density at radius 3 is 2.21 bits per heavy atom. The van der Waals surface area contributed by atoms with Crippen LogP contribution in [0.25, 0.3) is 0 Å². The predicted octanol–water partition coefficient (Wildman–Crippen LogP) is 1.35. The van der Waals surface area contributed by atoms with Gasteiger partial charge in [0.1, 0.15) is 17.2 Å². The number of ether oxygens (including phenoxy) is 2. The molecule has 3 N–H and O–H groups in total. The molecule has 1 heterocycles. The highest BCUT2D eigenvalue weighted by atomic mass is 16.6. The van der Waals surface area contributed by atoms with Crippen molar-refractivity contribution < 1.29 is 28.7 Å². The molecule has 10 nitrogen and oxygen atoms in total. The number of carbonyl (C=O) groups excluding carboxylic acids is 4. The first-order valence-electron chi connectivity index (χ1n) is 11.1. The van der Waals surface area contributed by atoms with Crippen molar-refractivity contribution in [3.63, 3.8) is 0 Å². The molecule has 1 aliphatic heterocycles. The van der Waals surface area contributed by atoms with Crippen LogP contribution in [0, 0.1) is 5.92 Å². The summed E-state index contributed by atoms with van der Waals surface area (Å²) in [6.07, 6.45) is 1.31. The molecule has 188 valence electrons. The Kier molecular flexibility index (Phi) is 9.47. The van der Waals surface area contributed by atoms with E-state index in [9.17, 15) is 19.2 Å². The third kappa shape index (κ3) is 8.03. The van der Waals surface area contributed by atoms with Gasteiger partial charge in [-0.3, -0.25) is 19.3 Å². The molecule has 3 amide bonds. The highest BCUT2D eigenvalue weighted by Crippen LogP contribution is 2.37. The van der Waals surface area contributed by atoms with Gasteiger partial charge < -0.3 is 25.4 Å². The molecule has 1 rings (SSSR count). The standard InChI is InChI=1S/C23H40N4O6/c1-10-11-16-17(18(29)32-9)27(13-12-24-20(31)33-22(6,7)8)14-23(16,25-15(2)28)19(30)26-21(3,4)5/h10,16-17H,1,11-14H2,2-9H3,(H,24,31)(H,25,28)(H,26,30)/t16-,17-,23+/m0/s1. The van der Waals surface area contributed by atoms with E-state index in [1.165, 1.54) is 14.0 Å². The lowest BCUT2D eigenvalue weighted by atomic mass is 9.79. The second-order valence-electron chi connectivity index (χ2n) is 10.4. The van der Waals surface area contributed by atoms with Gasteiger partial charge in [0.2, 0.25) is 11.8 Å². The van der Waals surface area contributed by atoms with E-state index in [0.29, 0.717) is 0 Å². The van der Waals surface area contributed by atoms with Crippen molar-refractivity contribution >= 4 is 23.9 Å². The van der Waals surface area contributed by atoms with Crippen LogP contribution in [0.1, 0.15) is 54.9 Å². The number of allylic oxidation sites excluding steroid dienone is 1. The molecule has 0 spiro atoms. The molecule has 0 aromatic rings. The SMILES string of the molecule is C=CC[C@H]1[C@@H](C(=O)OC)N(CCNC(=O)OC(C)(C)C)C[C@]1(NC(C)=O)C(=O)NC(C)(C)C. The van der Waals surface area contributed by atoms with Crippen molar-refractivity contribution in [2.45, 2.75) is 77.6 Å². The molecule has 0 bridgehead atoms. The minimum absolute atomic E-state index is 0.0583. The molecule has 10 heteroatoms. The predicted molar refractivity (Wildman–Crippen MR) is 124 cm³/mol. The first-order valence-corrected chi connectivity index (χ1v) is 11.1. The van der Waals surface area contributed by atoms with Gasteiger partial charge in [-0.1, -0.05) is 6.08 Å². The van der Waals surface area contributed by atoms with Gasteiger partial charge >= 0.3 is 12.1 Å². The van der Waals surface area contributed by atoms with Gasteiger partial charge in [0, 0.05) is 38.0 Å². The van der Waals surface area contributed by atoms with Crippen LogP contribution in [0.15, 0.2) is 12.7 Å². The zero-order valence-corrected chi connectivity index (χ0v) is 21.2. The zero-order chi connectivity index (χ0) is 25.6. The number of nitrogens with zero attached hydrogens (tertiary/aromatic N) is 1. The number of alkyl carbamates (subject to hydrolysis) is 1. The quantitative estimate of drug-likeness (QED) is 0.363. The summed E-state index contributed by atoms with van der Waals surface area (Å²) in [4.78, 5) is 52.3. The molecular formula is C23H40N4O6.